The highest BCUT2D eigenvalue weighted by molar-refractivity contribution is 7.47. The summed E-state index contributed by atoms with van der Waals surface area (Å²) in [6.07, 6.45) is 35.3. The Morgan fingerprint density at radius 3 is 1.42 bits per heavy atom. The highest BCUT2D eigenvalue weighted by atomic mass is 31.2. The van der Waals surface area contributed by atoms with Crippen molar-refractivity contribution < 1.29 is 42.1 Å². The summed E-state index contributed by atoms with van der Waals surface area (Å²) in [6, 6.07) is 0. The first kappa shape index (κ1) is 50.8. The van der Waals surface area contributed by atoms with E-state index in [4.69, 9.17) is 18.5 Å². The van der Waals surface area contributed by atoms with Crippen molar-refractivity contribution in [2.75, 3.05) is 47.5 Å². The molecule has 0 rings (SSSR count). The van der Waals surface area contributed by atoms with Crippen LogP contribution in [0.5, 0.6) is 0 Å². The highest BCUT2D eigenvalue weighted by Crippen LogP contribution is 2.43. The first-order valence-corrected chi connectivity index (χ1v) is 22.9. The molecule has 0 amide bonds. The maximum absolute atomic E-state index is 12.7. The molecular formula is C42H83NO8P+. The molecule has 0 saturated heterocycles. The highest BCUT2D eigenvalue weighted by Gasteiger charge is 2.27. The average molecular weight is 762 g/mol. The molecule has 0 aliphatic carbocycles. The maximum atomic E-state index is 12.7. The lowest BCUT2D eigenvalue weighted by molar-refractivity contribution is -0.870. The number of likely N-dealkylation sites (N-methyl/N-ethyl adjacent to an activating group) is 1. The van der Waals surface area contributed by atoms with Crippen LogP contribution in [-0.4, -0.2) is 74.9 Å². The second-order valence-electron chi connectivity index (χ2n) is 15.7. The molecule has 9 nitrogen and oxygen atoms in total. The van der Waals surface area contributed by atoms with Crippen molar-refractivity contribution in [2.24, 2.45) is 0 Å². The SMILES string of the molecule is CCCCCCCCCCCCCCCC(=O)OC[C@H](COP(=O)(O)OCC[N+](C)(C)C)OC(=O)CCCCCCC/C=C\CCCCCCC[13CH3]. The molecule has 52 heavy (non-hydrogen) atoms. The first-order valence-electron chi connectivity index (χ1n) is 21.4. The molecular weight excluding hydrogens is 678 g/mol. The Hall–Kier alpha value is -1.25. The molecule has 0 spiro atoms. The number of carbonyl (C=O) groups is 2. The topological polar surface area (TPSA) is 108 Å². The second-order valence-corrected chi connectivity index (χ2v) is 17.2. The van der Waals surface area contributed by atoms with Crippen LogP contribution in [0, 0.1) is 0 Å². The number of nitrogens with zero attached hydrogens (tertiary/aromatic N) is 1. The number of hydrogen-bond acceptors (Lipinski definition) is 7. The van der Waals surface area contributed by atoms with Crippen LogP contribution in [0.1, 0.15) is 194 Å². The van der Waals surface area contributed by atoms with Crippen LogP contribution in [0.2, 0.25) is 0 Å². The molecule has 0 fully saturated rings. The van der Waals surface area contributed by atoms with Gasteiger partial charge in [0.05, 0.1) is 27.7 Å². The van der Waals surface area contributed by atoms with Gasteiger partial charge in [-0.2, -0.15) is 0 Å². The summed E-state index contributed by atoms with van der Waals surface area (Å²) in [4.78, 5) is 35.3. The summed E-state index contributed by atoms with van der Waals surface area (Å²) in [6.45, 7) is 4.42. The van der Waals surface area contributed by atoms with E-state index in [1.54, 1.807) is 0 Å². The van der Waals surface area contributed by atoms with Gasteiger partial charge in [0, 0.05) is 12.8 Å². The molecule has 1 unspecified atom stereocenters. The lowest BCUT2D eigenvalue weighted by Crippen LogP contribution is -2.37. The maximum Gasteiger partial charge on any atom is 0.472 e. The Balaban J connectivity index is 4.37. The van der Waals surface area contributed by atoms with E-state index in [1.807, 2.05) is 21.1 Å². The quantitative estimate of drug-likeness (QED) is 0.0165. The molecule has 2 atom stereocenters. The molecule has 0 aromatic carbocycles. The van der Waals surface area contributed by atoms with Gasteiger partial charge < -0.3 is 18.9 Å². The predicted molar refractivity (Wildman–Crippen MR) is 215 cm³/mol. The van der Waals surface area contributed by atoms with Crippen molar-refractivity contribution in [3.8, 4) is 0 Å². The minimum atomic E-state index is -4.37. The van der Waals surface area contributed by atoms with Crippen molar-refractivity contribution in [1.82, 2.24) is 0 Å². The molecule has 0 aromatic heterocycles. The average Bonchev–Trinajstić information content (AvgIpc) is 3.09. The Morgan fingerprint density at radius 1 is 0.577 bits per heavy atom. The third-order valence-electron chi connectivity index (χ3n) is 9.30. The van der Waals surface area contributed by atoms with Crippen molar-refractivity contribution in [2.45, 2.75) is 200 Å². The summed E-state index contributed by atoms with van der Waals surface area (Å²) in [5.74, 6) is -0.801. The minimum Gasteiger partial charge on any atom is -0.462 e. The standard InChI is InChI=1S/C42H82NO8P/c1-6-8-10-12-14-16-18-20-21-23-25-27-29-31-33-35-42(45)51-40(39-50-52(46,47)49-37-36-43(3,4)5)38-48-41(44)34-32-30-28-26-24-22-19-17-15-13-11-9-7-2/h20-21,40H,6-19,22-39H2,1-5H3/p+1/b21-20-/t40-/m1/s1/i1+1. The van der Waals surface area contributed by atoms with Crippen LogP contribution in [-0.2, 0) is 32.7 Å². The van der Waals surface area contributed by atoms with Gasteiger partial charge in [0.15, 0.2) is 6.10 Å². The van der Waals surface area contributed by atoms with Crippen molar-refractivity contribution >= 4 is 19.8 Å². The van der Waals surface area contributed by atoms with Gasteiger partial charge in [0.2, 0.25) is 0 Å². The Bertz CT molecular complexity index is 907. The predicted octanol–water partition coefficient (Wildman–Crippen LogP) is 11.8. The van der Waals surface area contributed by atoms with E-state index in [0.717, 1.165) is 51.4 Å². The number of rotatable bonds is 39. The monoisotopic (exact) mass is 762 g/mol. The molecule has 0 bridgehead atoms. The number of quaternary nitrogens is 1. The van der Waals surface area contributed by atoms with Crippen molar-refractivity contribution in [1.29, 1.82) is 0 Å². The number of carbonyl (C=O) groups excluding carboxylic acids is 2. The zero-order chi connectivity index (χ0) is 38.6. The zero-order valence-electron chi connectivity index (χ0n) is 34.6. The smallest absolute Gasteiger partial charge is 0.462 e. The van der Waals surface area contributed by atoms with Gasteiger partial charge in [-0.25, -0.2) is 4.57 Å². The van der Waals surface area contributed by atoms with E-state index < -0.39 is 26.5 Å². The van der Waals surface area contributed by atoms with Gasteiger partial charge in [0.25, 0.3) is 0 Å². The van der Waals surface area contributed by atoms with Crippen molar-refractivity contribution in [3.63, 3.8) is 0 Å². The number of unbranched alkanes of at least 4 members (excludes halogenated alkanes) is 23. The van der Waals surface area contributed by atoms with Crippen LogP contribution in [0.15, 0.2) is 12.2 Å². The fraction of sp³-hybridized carbons (Fsp3) is 0.905. The van der Waals surface area contributed by atoms with Crippen LogP contribution >= 0.6 is 7.82 Å². The van der Waals surface area contributed by atoms with Crippen LogP contribution < -0.4 is 0 Å². The van der Waals surface area contributed by atoms with E-state index in [1.165, 1.54) is 109 Å². The molecule has 0 saturated carbocycles. The lowest BCUT2D eigenvalue weighted by atomic mass is 10.0. The number of allylic oxidation sites excluding steroid dienone is 2. The van der Waals surface area contributed by atoms with Gasteiger partial charge >= 0.3 is 19.8 Å². The summed E-state index contributed by atoms with van der Waals surface area (Å²) >= 11 is 0. The van der Waals surface area contributed by atoms with E-state index in [0.29, 0.717) is 23.9 Å². The van der Waals surface area contributed by atoms with Gasteiger partial charge in [-0.1, -0.05) is 154 Å². The Morgan fingerprint density at radius 2 is 0.981 bits per heavy atom. The van der Waals surface area contributed by atoms with E-state index in [2.05, 4.69) is 26.0 Å². The van der Waals surface area contributed by atoms with E-state index in [9.17, 15) is 19.0 Å². The minimum absolute atomic E-state index is 0.0331. The summed E-state index contributed by atoms with van der Waals surface area (Å²) < 4.78 is 34.3. The van der Waals surface area contributed by atoms with E-state index in [-0.39, 0.29) is 25.6 Å². The van der Waals surface area contributed by atoms with Crippen LogP contribution in [0.3, 0.4) is 0 Å². The molecule has 308 valence electrons. The molecule has 0 aliphatic heterocycles. The molecule has 0 aliphatic rings. The fourth-order valence-corrected chi connectivity index (χ4v) is 6.63. The first-order chi connectivity index (χ1) is 25.0. The normalized spacial score (nSPS) is 13.7. The Labute approximate surface area is 320 Å². The summed E-state index contributed by atoms with van der Waals surface area (Å²) in [7, 11) is 1.48. The summed E-state index contributed by atoms with van der Waals surface area (Å²) in [5.41, 5.74) is 0. The number of ether oxygens (including phenoxy) is 2. The third kappa shape index (κ3) is 38.5. The van der Waals surface area contributed by atoms with Crippen molar-refractivity contribution in [3.05, 3.63) is 12.2 Å². The number of hydrogen-bond donors (Lipinski definition) is 1. The van der Waals surface area contributed by atoms with E-state index >= 15 is 0 Å². The summed E-state index contributed by atoms with van der Waals surface area (Å²) in [5, 5.41) is 0. The molecule has 1 N–H and O–H groups in total. The molecule has 0 aromatic rings. The second kappa shape index (κ2) is 35.5. The third-order valence-corrected chi connectivity index (χ3v) is 10.3. The fourth-order valence-electron chi connectivity index (χ4n) is 5.89. The van der Waals surface area contributed by atoms with Crippen LogP contribution in [0.4, 0.5) is 0 Å². The van der Waals surface area contributed by atoms with Gasteiger partial charge in [-0.05, 0) is 38.5 Å². The lowest BCUT2D eigenvalue weighted by Gasteiger charge is -2.24. The van der Waals surface area contributed by atoms with Gasteiger partial charge in [-0.15, -0.1) is 0 Å². The number of phosphoric ester groups is 1. The van der Waals surface area contributed by atoms with Gasteiger partial charge in [0.1, 0.15) is 19.8 Å². The number of esters is 2. The zero-order valence-corrected chi connectivity index (χ0v) is 35.5. The molecule has 10 heteroatoms. The largest absolute Gasteiger partial charge is 0.472 e. The molecule has 0 heterocycles. The van der Waals surface area contributed by atoms with Crippen LogP contribution in [0.25, 0.3) is 0 Å². The van der Waals surface area contributed by atoms with Gasteiger partial charge in [-0.3, -0.25) is 18.6 Å². The Kier molecular flexibility index (Phi) is 34.6. The molecule has 0 radical (unpaired) electrons. The number of phosphoric acid groups is 1.